The molecule has 0 spiro atoms. The van der Waals surface area contributed by atoms with Gasteiger partial charge in [-0.2, -0.15) is 0 Å². The zero-order chi connectivity index (χ0) is 22.9. The van der Waals surface area contributed by atoms with E-state index in [1.165, 1.54) is 29.6 Å². The van der Waals surface area contributed by atoms with Crippen molar-refractivity contribution in [2.45, 2.75) is 103 Å². The molecule has 0 aliphatic heterocycles. The highest BCUT2D eigenvalue weighted by atomic mass is 32.2. The lowest BCUT2D eigenvalue weighted by atomic mass is 9.63. The van der Waals surface area contributed by atoms with E-state index in [2.05, 4.69) is 31.7 Å². The van der Waals surface area contributed by atoms with Crippen molar-refractivity contribution < 1.29 is 13.5 Å². The van der Waals surface area contributed by atoms with Gasteiger partial charge in [-0.3, -0.25) is 0 Å². The highest BCUT2D eigenvalue weighted by molar-refractivity contribution is 7.92. The molecule has 4 heteroatoms. The Balaban J connectivity index is 1.62. The van der Waals surface area contributed by atoms with E-state index in [0.29, 0.717) is 11.7 Å². The molecular weight excluding hydrogens is 404 g/mol. The Labute approximate surface area is 190 Å². The van der Waals surface area contributed by atoms with Crippen molar-refractivity contribution in [3.8, 4) is 0 Å². The molecule has 3 aliphatic rings. The number of rotatable bonds is 6. The lowest BCUT2D eigenvalue weighted by Crippen LogP contribution is -2.31. The van der Waals surface area contributed by atoms with Crippen LogP contribution in [0.25, 0.3) is 0 Å². The van der Waals surface area contributed by atoms with Crippen LogP contribution in [0.3, 0.4) is 0 Å². The highest BCUT2D eigenvalue weighted by Gasteiger charge is 2.44. The minimum atomic E-state index is -3.03. The normalized spacial score (nSPS) is 32.4. The van der Waals surface area contributed by atoms with Crippen LogP contribution in [0.5, 0.6) is 0 Å². The number of hydrogen-bond donors (Lipinski definition) is 1. The van der Waals surface area contributed by atoms with Crippen LogP contribution in [0.2, 0.25) is 0 Å². The molecule has 3 rings (SSSR count). The predicted molar refractivity (Wildman–Crippen MR) is 131 cm³/mol. The van der Waals surface area contributed by atoms with Gasteiger partial charge in [0.25, 0.3) is 0 Å². The first-order valence-electron chi connectivity index (χ1n) is 12.1. The maximum atomic E-state index is 12.4. The van der Waals surface area contributed by atoms with Gasteiger partial charge in [0.1, 0.15) is 0 Å². The van der Waals surface area contributed by atoms with Gasteiger partial charge >= 0.3 is 0 Å². The van der Waals surface area contributed by atoms with Gasteiger partial charge in [-0.25, -0.2) is 8.42 Å². The summed E-state index contributed by atoms with van der Waals surface area (Å²) in [6, 6.07) is 0. The van der Waals surface area contributed by atoms with Gasteiger partial charge in [0, 0.05) is 0 Å². The molecule has 0 aromatic carbocycles. The average molecular weight is 447 g/mol. The van der Waals surface area contributed by atoms with Crippen LogP contribution >= 0.6 is 0 Å². The molecule has 0 amide bonds. The molecular formula is C27H42O3S. The van der Waals surface area contributed by atoms with E-state index in [4.69, 9.17) is 0 Å². The molecule has 0 aromatic heterocycles. The van der Waals surface area contributed by atoms with Gasteiger partial charge in [0.05, 0.1) is 16.6 Å². The first-order valence-corrected chi connectivity index (χ1v) is 13.8. The van der Waals surface area contributed by atoms with E-state index in [1.54, 1.807) is 26.3 Å². The number of unbranched alkanes of at least 4 members (excludes halogenated alkanes) is 1. The van der Waals surface area contributed by atoms with E-state index in [9.17, 15) is 13.5 Å². The summed E-state index contributed by atoms with van der Waals surface area (Å²) < 4.78 is 24.1. The fourth-order valence-corrected chi connectivity index (χ4v) is 6.80. The van der Waals surface area contributed by atoms with Gasteiger partial charge < -0.3 is 5.11 Å². The van der Waals surface area contributed by atoms with Crippen LogP contribution in [0, 0.1) is 11.3 Å². The number of allylic oxidation sites excluding steroid dienone is 6. The van der Waals surface area contributed by atoms with E-state index >= 15 is 0 Å². The molecule has 3 nitrogen and oxygen atoms in total. The van der Waals surface area contributed by atoms with Crippen molar-refractivity contribution in [3.05, 3.63) is 47.1 Å². The van der Waals surface area contributed by atoms with E-state index in [0.717, 1.165) is 51.4 Å². The van der Waals surface area contributed by atoms with Gasteiger partial charge in [0.15, 0.2) is 9.84 Å². The number of aliphatic hydroxyl groups is 1. The van der Waals surface area contributed by atoms with Crippen molar-refractivity contribution in [3.63, 3.8) is 0 Å². The quantitative estimate of drug-likeness (QED) is 0.376. The van der Waals surface area contributed by atoms with Crippen molar-refractivity contribution >= 4 is 9.84 Å². The minimum absolute atomic E-state index is 0.217. The lowest BCUT2D eigenvalue weighted by Gasteiger charge is -2.41. The zero-order valence-corrected chi connectivity index (χ0v) is 20.9. The molecule has 174 valence electrons. The van der Waals surface area contributed by atoms with Crippen LogP contribution in [0.1, 0.15) is 91.9 Å². The van der Waals surface area contributed by atoms with E-state index in [-0.39, 0.29) is 11.5 Å². The van der Waals surface area contributed by atoms with Crippen molar-refractivity contribution in [2.75, 3.05) is 5.75 Å². The molecule has 0 radical (unpaired) electrons. The third kappa shape index (κ3) is 5.45. The van der Waals surface area contributed by atoms with Gasteiger partial charge in [-0.15, -0.1) is 0 Å². The van der Waals surface area contributed by atoms with Gasteiger partial charge in [0.2, 0.25) is 0 Å². The smallest absolute Gasteiger partial charge is 0.155 e. The van der Waals surface area contributed by atoms with Crippen molar-refractivity contribution in [2.24, 2.45) is 11.3 Å². The summed E-state index contributed by atoms with van der Waals surface area (Å²) in [4.78, 5) is 0. The molecule has 2 saturated carbocycles. The van der Waals surface area contributed by atoms with Crippen LogP contribution in [0.15, 0.2) is 47.1 Å². The van der Waals surface area contributed by atoms with Crippen molar-refractivity contribution in [1.82, 2.24) is 0 Å². The second-order valence-electron chi connectivity index (χ2n) is 11.1. The summed E-state index contributed by atoms with van der Waals surface area (Å²) >= 11 is 0. The monoisotopic (exact) mass is 446 g/mol. The topological polar surface area (TPSA) is 54.4 Å². The standard InChI is InChI=1S/C27H42O3S/c1-20-11-15-24(28)19-22(20)13-12-21-9-8-17-27(5)23(14-16-25(21)27)10-6-7-18-31(29,30)26(2,3)4/h12-14,24-25,28H,1,6-11,15-19H2,2-5H3/b21-12+,22-13-/t24?,25-,27+/m0/s1. The van der Waals surface area contributed by atoms with Crippen LogP contribution < -0.4 is 0 Å². The summed E-state index contributed by atoms with van der Waals surface area (Å²) in [6.07, 6.45) is 16.6. The largest absolute Gasteiger partial charge is 0.393 e. The Hall–Kier alpha value is -1.13. The highest BCUT2D eigenvalue weighted by Crippen LogP contribution is 2.55. The molecule has 1 unspecified atom stereocenters. The third-order valence-corrected chi connectivity index (χ3v) is 10.6. The summed E-state index contributed by atoms with van der Waals surface area (Å²) in [5.74, 6) is 0.853. The zero-order valence-electron chi connectivity index (χ0n) is 20.0. The molecule has 0 bridgehead atoms. The summed E-state index contributed by atoms with van der Waals surface area (Å²) in [5.41, 5.74) is 5.69. The predicted octanol–water partition coefficient (Wildman–Crippen LogP) is 6.46. The molecule has 0 heterocycles. The second kappa shape index (κ2) is 9.39. The Morgan fingerprint density at radius 1 is 1.23 bits per heavy atom. The van der Waals surface area contributed by atoms with Crippen LogP contribution in [-0.4, -0.2) is 30.1 Å². The molecule has 3 atom stereocenters. The summed E-state index contributed by atoms with van der Waals surface area (Å²) in [7, 11) is -3.03. The number of hydrogen-bond acceptors (Lipinski definition) is 3. The minimum Gasteiger partial charge on any atom is -0.393 e. The fraction of sp³-hybridized carbons (Fsp3) is 0.704. The number of aliphatic hydroxyl groups excluding tert-OH is 1. The van der Waals surface area contributed by atoms with Crippen LogP contribution in [0.4, 0.5) is 0 Å². The molecule has 1 N–H and O–H groups in total. The molecule has 2 fully saturated rings. The Bertz CT molecular complexity index is 882. The fourth-order valence-electron chi connectivity index (χ4n) is 5.60. The molecule has 0 saturated heterocycles. The summed E-state index contributed by atoms with van der Waals surface area (Å²) in [5, 5.41) is 10.0. The number of fused-ring (bicyclic) bond motifs is 1. The lowest BCUT2D eigenvalue weighted by molar-refractivity contribution is 0.158. The SMILES string of the molecule is C=C1CCC(O)C/C1=C/C=C1\CCC[C@]2(C)C(CCCCS(=O)(=O)C(C)(C)C)=CC[C@@H]12. The summed E-state index contributed by atoms with van der Waals surface area (Å²) in [6.45, 7) is 12.0. The van der Waals surface area contributed by atoms with E-state index in [1.807, 2.05) is 0 Å². The third-order valence-electron chi connectivity index (χ3n) is 7.94. The van der Waals surface area contributed by atoms with Gasteiger partial charge in [-0.05, 0) is 102 Å². The van der Waals surface area contributed by atoms with Gasteiger partial charge in [-0.1, -0.05) is 48.5 Å². The molecule has 0 aromatic rings. The van der Waals surface area contributed by atoms with Crippen molar-refractivity contribution in [1.29, 1.82) is 0 Å². The maximum Gasteiger partial charge on any atom is 0.155 e. The second-order valence-corrected chi connectivity index (χ2v) is 14.0. The first-order chi connectivity index (χ1) is 14.4. The van der Waals surface area contributed by atoms with E-state index < -0.39 is 14.6 Å². The first kappa shape index (κ1) is 24.5. The maximum absolute atomic E-state index is 12.4. The molecule has 31 heavy (non-hydrogen) atoms. The molecule has 3 aliphatic carbocycles. The Kier molecular flexibility index (Phi) is 7.42. The van der Waals surface area contributed by atoms with Crippen LogP contribution in [-0.2, 0) is 9.84 Å². The number of sulfone groups is 1. The average Bonchev–Trinajstić information content (AvgIpc) is 3.02. The Morgan fingerprint density at radius 2 is 1.97 bits per heavy atom. The Morgan fingerprint density at radius 3 is 2.68 bits per heavy atom.